The Hall–Kier alpha value is -1.54. The van der Waals surface area contributed by atoms with Gasteiger partial charge in [0, 0.05) is 23.1 Å². The number of methoxy groups -OCH3 is 1. The van der Waals surface area contributed by atoms with Gasteiger partial charge in [-0.2, -0.15) is 11.8 Å². The Morgan fingerprint density at radius 2 is 2.08 bits per heavy atom. The van der Waals surface area contributed by atoms with Crippen molar-refractivity contribution >= 4 is 51.2 Å². The van der Waals surface area contributed by atoms with E-state index in [1.807, 2.05) is 30.5 Å². The minimum absolute atomic E-state index is 0.0961. The van der Waals surface area contributed by atoms with E-state index < -0.39 is 17.9 Å². The number of thioether (sulfide) groups is 1. The van der Waals surface area contributed by atoms with Gasteiger partial charge in [-0.15, -0.1) is 0 Å². The molecule has 136 valence electrons. The van der Waals surface area contributed by atoms with Gasteiger partial charge in [0.15, 0.2) is 0 Å². The van der Waals surface area contributed by atoms with Gasteiger partial charge in [0.05, 0.1) is 13.0 Å². The highest BCUT2D eigenvalue weighted by Gasteiger charge is 2.36. The van der Waals surface area contributed by atoms with E-state index in [0.717, 1.165) is 15.9 Å². The van der Waals surface area contributed by atoms with E-state index in [9.17, 15) is 14.4 Å². The molecule has 0 aromatic heterocycles. The molecule has 1 saturated heterocycles. The summed E-state index contributed by atoms with van der Waals surface area (Å²) in [6, 6.07) is 6.69. The molecule has 25 heavy (non-hydrogen) atoms. The lowest BCUT2D eigenvalue weighted by molar-refractivity contribution is -0.145. The number of benzene rings is 1. The second-order valence-corrected chi connectivity index (χ2v) is 7.65. The summed E-state index contributed by atoms with van der Waals surface area (Å²) in [7, 11) is 1.30. The van der Waals surface area contributed by atoms with Crippen molar-refractivity contribution in [3.63, 3.8) is 0 Å². The molecule has 1 aliphatic rings. The summed E-state index contributed by atoms with van der Waals surface area (Å²) in [5.41, 5.74) is 0.760. The molecule has 1 aromatic rings. The van der Waals surface area contributed by atoms with Crippen molar-refractivity contribution in [2.45, 2.75) is 18.9 Å². The Kier molecular flexibility index (Phi) is 7.31. The fraction of sp³-hybridized carbons (Fsp3) is 0.471. The van der Waals surface area contributed by atoms with E-state index in [1.54, 1.807) is 16.7 Å². The first kappa shape index (κ1) is 19.8. The number of nitrogens with one attached hydrogen (secondary N) is 1. The Morgan fingerprint density at radius 3 is 2.68 bits per heavy atom. The fourth-order valence-electron chi connectivity index (χ4n) is 2.67. The van der Waals surface area contributed by atoms with Crippen molar-refractivity contribution in [1.29, 1.82) is 0 Å². The summed E-state index contributed by atoms with van der Waals surface area (Å²) in [6.07, 6.45) is 2.57. The number of rotatable bonds is 7. The van der Waals surface area contributed by atoms with E-state index in [2.05, 4.69) is 21.2 Å². The van der Waals surface area contributed by atoms with E-state index in [1.165, 1.54) is 7.11 Å². The van der Waals surface area contributed by atoms with E-state index in [4.69, 9.17) is 4.74 Å². The number of hydrogen-bond acceptors (Lipinski definition) is 5. The Morgan fingerprint density at radius 1 is 1.40 bits per heavy atom. The molecule has 0 unspecified atom stereocenters. The molecule has 1 aliphatic heterocycles. The number of hydrogen-bond donors (Lipinski definition) is 1. The van der Waals surface area contributed by atoms with E-state index in [0.29, 0.717) is 13.0 Å². The van der Waals surface area contributed by atoms with Gasteiger partial charge in [0.25, 0.3) is 0 Å². The predicted octanol–water partition coefficient (Wildman–Crippen LogP) is 2.21. The maximum absolute atomic E-state index is 12.5. The van der Waals surface area contributed by atoms with Crippen LogP contribution in [-0.2, 0) is 19.1 Å². The maximum Gasteiger partial charge on any atom is 0.328 e. The third-order valence-corrected chi connectivity index (χ3v) is 5.22. The molecular weight excluding hydrogens is 408 g/mol. The second kappa shape index (κ2) is 9.24. The van der Waals surface area contributed by atoms with Crippen LogP contribution in [0.15, 0.2) is 28.7 Å². The molecule has 2 rings (SSSR count). The minimum Gasteiger partial charge on any atom is -0.467 e. The fourth-order valence-corrected chi connectivity index (χ4v) is 3.41. The first-order chi connectivity index (χ1) is 12.0. The molecule has 6 nitrogen and oxygen atoms in total. The van der Waals surface area contributed by atoms with Crippen LogP contribution in [0, 0.1) is 5.92 Å². The predicted molar refractivity (Wildman–Crippen MR) is 102 cm³/mol. The lowest BCUT2D eigenvalue weighted by atomic mass is 10.1. The molecule has 2 amide bonds. The standard InChI is InChI=1S/C17H21BrN2O4S/c1-24-17(23)14(7-8-25-2)19-16(22)11-9-15(21)20(10-11)13-5-3-12(18)4-6-13/h3-6,11,14H,7-10H2,1-2H3,(H,19,22)/t11-,14+/m1/s1. The van der Waals surface area contributed by atoms with Crippen LogP contribution in [0.5, 0.6) is 0 Å². The third kappa shape index (κ3) is 5.22. The van der Waals surface area contributed by atoms with Gasteiger partial charge >= 0.3 is 5.97 Å². The number of amides is 2. The molecule has 1 fully saturated rings. The smallest absolute Gasteiger partial charge is 0.328 e. The van der Waals surface area contributed by atoms with Gasteiger partial charge in [-0.05, 0) is 42.7 Å². The molecule has 2 atom stereocenters. The van der Waals surface area contributed by atoms with Crippen molar-refractivity contribution in [1.82, 2.24) is 5.32 Å². The SMILES string of the molecule is COC(=O)[C@H](CCSC)NC(=O)[C@@H]1CC(=O)N(c2ccc(Br)cc2)C1. The summed E-state index contributed by atoms with van der Waals surface area (Å²) >= 11 is 4.95. The molecule has 0 radical (unpaired) electrons. The van der Waals surface area contributed by atoms with Crippen molar-refractivity contribution < 1.29 is 19.1 Å². The molecule has 0 saturated carbocycles. The highest BCUT2D eigenvalue weighted by molar-refractivity contribution is 9.10. The van der Waals surface area contributed by atoms with Crippen LogP contribution in [0.2, 0.25) is 0 Å². The average Bonchev–Trinajstić information content (AvgIpc) is 3.00. The molecule has 1 N–H and O–H groups in total. The number of halogens is 1. The van der Waals surface area contributed by atoms with Gasteiger partial charge in [0.2, 0.25) is 11.8 Å². The summed E-state index contributed by atoms with van der Waals surface area (Å²) in [6.45, 7) is 0.308. The monoisotopic (exact) mass is 428 g/mol. The maximum atomic E-state index is 12.5. The van der Waals surface area contributed by atoms with Crippen molar-refractivity contribution in [2.24, 2.45) is 5.92 Å². The number of ether oxygens (including phenoxy) is 1. The molecule has 0 spiro atoms. The zero-order chi connectivity index (χ0) is 18.4. The summed E-state index contributed by atoms with van der Waals surface area (Å²) in [4.78, 5) is 38.2. The van der Waals surface area contributed by atoms with Gasteiger partial charge in [0.1, 0.15) is 6.04 Å². The summed E-state index contributed by atoms with van der Waals surface area (Å²) < 4.78 is 5.67. The molecule has 8 heteroatoms. The molecule has 1 aromatic carbocycles. The highest BCUT2D eigenvalue weighted by Crippen LogP contribution is 2.26. The van der Waals surface area contributed by atoms with Crippen LogP contribution in [0.1, 0.15) is 12.8 Å². The van der Waals surface area contributed by atoms with Gasteiger partial charge in [-0.25, -0.2) is 4.79 Å². The van der Waals surface area contributed by atoms with Crippen LogP contribution >= 0.6 is 27.7 Å². The van der Waals surface area contributed by atoms with Crippen molar-refractivity contribution in [3.05, 3.63) is 28.7 Å². The van der Waals surface area contributed by atoms with Gasteiger partial charge in [-0.3, -0.25) is 9.59 Å². The van der Waals surface area contributed by atoms with Crippen molar-refractivity contribution in [2.75, 3.05) is 30.6 Å². The molecule has 1 heterocycles. The molecule has 0 aliphatic carbocycles. The normalized spacial score (nSPS) is 18.1. The largest absolute Gasteiger partial charge is 0.467 e. The number of nitrogens with zero attached hydrogens (tertiary/aromatic N) is 1. The minimum atomic E-state index is -0.679. The lowest BCUT2D eigenvalue weighted by Crippen LogP contribution is -2.45. The zero-order valence-corrected chi connectivity index (χ0v) is 16.6. The van der Waals surface area contributed by atoms with Crippen molar-refractivity contribution in [3.8, 4) is 0 Å². The average molecular weight is 429 g/mol. The lowest BCUT2D eigenvalue weighted by Gasteiger charge is -2.19. The van der Waals surface area contributed by atoms with Crippen LogP contribution in [0.3, 0.4) is 0 Å². The Labute approximate surface area is 159 Å². The van der Waals surface area contributed by atoms with Crippen LogP contribution in [0.25, 0.3) is 0 Å². The van der Waals surface area contributed by atoms with Crippen LogP contribution in [0.4, 0.5) is 5.69 Å². The van der Waals surface area contributed by atoms with E-state index in [-0.39, 0.29) is 18.2 Å². The zero-order valence-electron chi connectivity index (χ0n) is 14.2. The first-order valence-electron chi connectivity index (χ1n) is 7.89. The third-order valence-electron chi connectivity index (χ3n) is 4.05. The second-order valence-electron chi connectivity index (χ2n) is 5.75. The van der Waals surface area contributed by atoms with Crippen LogP contribution < -0.4 is 10.2 Å². The Balaban J connectivity index is 2.01. The number of carbonyl (C=O) groups is 3. The molecular formula is C17H21BrN2O4S. The van der Waals surface area contributed by atoms with Gasteiger partial charge < -0.3 is 15.0 Å². The summed E-state index contributed by atoms with van der Waals surface area (Å²) in [5, 5.41) is 2.73. The van der Waals surface area contributed by atoms with E-state index >= 15 is 0 Å². The summed E-state index contributed by atoms with van der Waals surface area (Å²) in [5.74, 6) is -0.589. The number of carbonyl (C=O) groups excluding carboxylic acids is 3. The quantitative estimate of drug-likeness (QED) is 0.673. The number of esters is 1. The highest BCUT2D eigenvalue weighted by atomic mass is 79.9. The van der Waals surface area contributed by atoms with Crippen LogP contribution in [-0.4, -0.2) is 49.5 Å². The topological polar surface area (TPSA) is 75.7 Å². The first-order valence-corrected chi connectivity index (χ1v) is 10.1. The Bertz CT molecular complexity index is 638. The van der Waals surface area contributed by atoms with Gasteiger partial charge in [-0.1, -0.05) is 15.9 Å². The number of anilines is 1. The molecule has 0 bridgehead atoms.